The number of hydrogen-bond acceptors (Lipinski definition) is 5. The normalized spacial score (nSPS) is 20.4. The predicted molar refractivity (Wildman–Crippen MR) is 86.4 cm³/mol. The van der Waals surface area contributed by atoms with E-state index in [1.807, 2.05) is 17.5 Å². The van der Waals surface area contributed by atoms with Crippen molar-refractivity contribution in [3.05, 3.63) is 34.7 Å². The Labute approximate surface area is 141 Å². The topological polar surface area (TPSA) is 105 Å². The number of amides is 2. The summed E-state index contributed by atoms with van der Waals surface area (Å²) in [6.45, 7) is -0.279. The van der Waals surface area contributed by atoms with Gasteiger partial charge in [-0.15, -0.1) is 11.3 Å². The van der Waals surface area contributed by atoms with E-state index in [9.17, 15) is 14.4 Å². The first-order valence-corrected chi connectivity index (χ1v) is 8.19. The summed E-state index contributed by atoms with van der Waals surface area (Å²) < 4.78 is 1.22. The number of hydrogen-bond donors (Lipinski definition) is 2. The second-order valence-corrected chi connectivity index (χ2v) is 6.54. The Bertz CT molecular complexity index is 770. The molecule has 2 N–H and O–H groups in total. The number of thiophene rings is 1. The molecule has 1 aliphatic rings. The number of carbonyl (C=O) groups is 3. The zero-order chi connectivity index (χ0) is 17.3. The molecule has 0 aliphatic carbocycles. The molecule has 2 unspecified atom stereocenters. The Kier molecular flexibility index (Phi) is 4.34. The summed E-state index contributed by atoms with van der Waals surface area (Å²) in [4.78, 5) is 37.9. The van der Waals surface area contributed by atoms with Crippen LogP contribution in [0.3, 0.4) is 0 Å². The number of anilines is 1. The van der Waals surface area contributed by atoms with Crippen LogP contribution < -0.4 is 5.32 Å². The molecule has 8 nitrogen and oxygen atoms in total. The van der Waals surface area contributed by atoms with Gasteiger partial charge in [0.15, 0.2) is 5.82 Å². The minimum atomic E-state index is -1.02. The molecule has 1 fully saturated rings. The molecule has 3 rings (SSSR count). The number of carbonyl (C=O) groups excluding carboxylic acids is 2. The molecule has 0 radical (unpaired) electrons. The Morgan fingerprint density at radius 1 is 1.46 bits per heavy atom. The molecule has 0 spiro atoms. The van der Waals surface area contributed by atoms with Gasteiger partial charge in [-0.2, -0.15) is 5.10 Å². The number of aromatic nitrogens is 2. The van der Waals surface area contributed by atoms with Gasteiger partial charge in [-0.25, -0.2) is 0 Å². The Morgan fingerprint density at radius 2 is 2.25 bits per heavy atom. The average molecular weight is 348 g/mol. The van der Waals surface area contributed by atoms with Gasteiger partial charge in [0.1, 0.15) is 6.54 Å². The fraction of sp³-hybridized carbons (Fsp3) is 0.333. The molecule has 9 heteroatoms. The van der Waals surface area contributed by atoms with Gasteiger partial charge >= 0.3 is 5.97 Å². The highest BCUT2D eigenvalue weighted by atomic mass is 32.1. The Balaban J connectivity index is 1.75. The molecule has 2 atom stereocenters. The molecule has 2 aromatic heterocycles. The van der Waals surface area contributed by atoms with Crippen LogP contribution in [0.2, 0.25) is 0 Å². The standard InChI is InChI=1S/C15H16N4O4S/c1-18-12(20)7-9(14(18)10-3-2-6-24-10)15(23)16-11-4-5-19(17-11)8-13(21)22/h2-6,9,14H,7-8H2,1H3,(H,21,22)(H,16,17,23). The lowest BCUT2D eigenvalue weighted by Gasteiger charge is -2.23. The molecule has 0 aromatic carbocycles. The van der Waals surface area contributed by atoms with Gasteiger partial charge in [0.05, 0.1) is 12.0 Å². The third-order valence-corrected chi connectivity index (χ3v) is 4.89. The highest BCUT2D eigenvalue weighted by molar-refractivity contribution is 7.10. The van der Waals surface area contributed by atoms with Crippen LogP contribution >= 0.6 is 11.3 Å². The largest absolute Gasteiger partial charge is 0.480 e. The van der Waals surface area contributed by atoms with Crippen molar-refractivity contribution in [1.29, 1.82) is 0 Å². The van der Waals surface area contributed by atoms with Gasteiger partial charge in [-0.1, -0.05) is 6.07 Å². The van der Waals surface area contributed by atoms with E-state index in [0.29, 0.717) is 0 Å². The van der Waals surface area contributed by atoms with Crippen LogP contribution in [0.5, 0.6) is 0 Å². The summed E-state index contributed by atoms with van der Waals surface area (Å²) in [7, 11) is 1.70. The van der Waals surface area contributed by atoms with E-state index >= 15 is 0 Å². The van der Waals surface area contributed by atoms with E-state index in [0.717, 1.165) is 4.88 Å². The van der Waals surface area contributed by atoms with E-state index in [2.05, 4.69) is 10.4 Å². The van der Waals surface area contributed by atoms with Gasteiger partial charge < -0.3 is 15.3 Å². The molecule has 126 valence electrons. The molecule has 3 heterocycles. The van der Waals surface area contributed by atoms with Crippen molar-refractivity contribution in [1.82, 2.24) is 14.7 Å². The van der Waals surface area contributed by atoms with E-state index in [4.69, 9.17) is 5.11 Å². The summed E-state index contributed by atoms with van der Waals surface area (Å²) in [5, 5.41) is 17.3. The van der Waals surface area contributed by atoms with Crippen molar-refractivity contribution < 1.29 is 19.5 Å². The second-order valence-electron chi connectivity index (χ2n) is 5.56. The van der Waals surface area contributed by atoms with Crippen molar-refractivity contribution in [2.75, 3.05) is 12.4 Å². The molecule has 0 bridgehead atoms. The first kappa shape index (κ1) is 16.2. The summed E-state index contributed by atoms with van der Waals surface area (Å²) >= 11 is 1.51. The number of carboxylic acid groups (broad SMARTS) is 1. The number of nitrogens with zero attached hydrogens (tertiary/aromatic N) is 3. The van der Waals surface area contributed by atoms with Crippen molar-refractivity contribution in [2.45, 2.75) is 19.0 Å². The van der Waals surface area contributed by atoms with Crippen LogP contribution in [0.25, 0.3) is 0 Å². The van der Waals surface area contributed by atoms with Crippen LogP contribution in [-0.4, -0.2) is 44.6 Å². The van der Waals surface area contributed by atoms with Gasteiger partial charge in [0.2, 0.25) is 11.8 Å². The number of aliphatic carboxylic acids is 1. The number of rotatable bonds is 5. The number of likely N-dealkylation sites (tertiary alicyclic amines) is 1. The lowest BCUT2D eigenvalue weighted by atomic mass is 9.98. The minimum absolute atomic E-state index is 0.0787. The first-order chi connectivity index (χ1) is 11.5. The number of carboxylic acids is 1. The van der Waals surface area contributed by atoms with Crippen molar-refractivity contribution in [2.24, 2.45) is 5.92 Å². The first-order valence-electron chi connectivity index (χ1n) is 7.31. The Hall–Kier alpha value is -2.68. The molecule has 24 heavy (non-hydrogen) atoms. The van der Waals surface area contributed by atoms with Gasteiger partial charge in [0.25, 0.3) is 0 Å². The van der Waals surface area contributed by atoms with Gasteiger partial charge in [-0.3, -0.25) is 19.1 Å². The van der Waals surface area contributed by atoms with Gasteiger partial charge in [-0.05, 0) is 11.4 Å². The van der Waals surface area contributed by atoms with Crippen LogP contribution in [0.1, 0.15) is 17.3 Å². The monoisotopic (exact) mass is 348 g/mol. The third-order valence-electron chi connectivity index (χ3n) is 3.95. The maximum Gasteiger partial charge on any atom is 0.325 e. The van der Waals surface area contributed by atoms with Crippen molar-refractivity contribution in [3.63, 3.8) is 0 Å². The molecule has 1 aliphatic heterocycles. The SMILES string of the molecule is CN1C(=O)CC(C(=O)Nc2ccn(CC(=O)O)n2)C1c1cccs1. The van der Waals surface area contributed by atoms with Crippen molar-refractivity contribution in [3.8, 4) is 0 Å². The second kappa shape index (κ2) is 6.44. The summed E-state index contributed by atoms with van der Waals surface area (Å²) in [6.07, 6.45) is 1.62. The third kappa shape index (κ3) is 3.16. The zero-order valence-corrected chi connectivity index (χ0v) is 13.7. The fourth-order valence-corrected chi connectivity index (χ4v) is 3.76. The average Bonchev–Trinajstić information content (AvgIpc) is 3.22. The molecular weight excluding hydrogens is 332 g/mol. The zero-order valence-electron chi connectivity index (χ0n) is 12.9. The predicted octanol–water partition coefficient (Wildman–Crippen LogP) is 1.19. The summed E-state index contributed by atoms with van der Waals surface area (Å²) in [5.41, 5.74) is 0. The molecule has 2 amide bonds. The highest BCUT2D eigenvalue weighted by Crippen LogP contribution is 2.39. The smallest absolute Gasteiger partial charge is 0.325 e. The maximum atomic E-state index is 12.6. The van der Waals surface area contributed by atoms with Crippen LogP contribution in [0.4, 0.5) is 5.82 Å². The lowest BCUT2D eigenvalue weighted by molar-refractivity contribution is -0.138. The summed E-state index contributed by atoms with van der Waals surface area (Å²) in [5.74, 6) is -1.63. The molecular formula is C15H16N4O4S. The van der Waals surface area contributed by atoms with E-state index in [1.54, 1.807) is 11.9 Å². The Morgan fingerprint density at radius 3 is 2.92 bits per heavy atom. The van der Waals surface area contributed by atoms with E-state index in [-0.39, 0.29) is 36.6 Å². The van der Waals surface area contributed by atoms with Crippen LogP contribution in [0.15, 0.2) is 29.8 Å². The quantitative estimate of drug-likeness (QED) is 0.844. The molecule has 1 saturated heterocycles. The van der Waals surface area contributed by atoms with Crippen molar-refractivity contribution >= 4 is 34.9 Å². The van der Waals surface area contributed by atoms with Crippen LogP contribution in [0, 0.1) is 5.92 Å². The molecule has 2 aromatic rings. The fourth-order valence-electron chi connectivity index (χ4n) is 2.83. The lowest BCUT2D eigenvalue weighted by Crippen LogP contribution is -2.29. The highest BCUT2D eigenvalue weighted by Gasteiger charge is 2.43. The molecule has 0 saturated carbocycles. The number of nitrogens with one attached hydrogen (secondary N) is 1. The maximum absolute atomic E-state index is 12.6. The minimum Gasteiger partial charge on any atom is -0.480 e. The van der Waals surface area contributed by atoms with Crippen LogP contribution in [-0.2, 0) is 20.9 Å². The summed E-state index contributed by atoms with van der Waals surface area (Å²) in [6, 6.07) is 5.03. The van der Waals surface area contributed by atoms with E-state index in [1.165, 1.54) is 28.3 Å². The van der Waals surface area contributed by atoms with Gasteiger partial charge in [0, 0.05) is 30.6 Å². The van der Waals surface area contributed by atoms with E-state index < -0.39 is 11.9 Å².